The minimum Gasteiger partial charge on any atom is -0.464 e. The topological polar surface area (TPSA) is 142 Å². The molecular formula is C31H33ClFN9O5. The number of anilines is 1. The Kier molecular flexibility index (Phi) is 8.51. The van der Waals surface area contributed by atoms with Crippen molar-refractivity contribution in [2.45, 2.75) is 38.5 Å². The van der Waals surface area contributed by atoms with Crippen LogP contribution in [0.2, 0.25) is 5.02 Å². The zero-order valence-electron chi connectivity index (χ0n) is 25.8. The van der Waals surface area contributed by atoms with Crippen molar-refractivity contribution in [1.82, 2.24) is 39.1 Å². The van der Waals surface area contributed by atoms with Gasteiger partial charge in [0.05, 0.1) is 67.5 Å². The molecule has 3 atom stereocenters. The van der Waals surface area contributed by atoms with E-state index in [-0.39, 0.29) is 41.9 Å². The molecule has 0 spiro atoms. The molecule has 0 radical (unpaired) electrons. The number of esters is 1. The zero-order chi connectivity index (χ0) is 32.7. The Hall–Kier alpha value is -4.60. The number of morpholine rings is 1. The van der Waals surface area contributed by atoms with E-state index in [0.717, 1.165) is 17.8 Å². The molecule has 246 valence electrons. The monoisotopic (exact) mass is 665 g/mol. The van der Waals surface area contributed by atoms with Crippen molar-refractivity contribution in [3.05, 3.63) is 76.7 Å². The van der Waals surface area contributed by atoms with Gasteiger partial charge in [0, 0.05) is 38.9 Å². The number of carbonyl (C=O) groups is 2. The van der Waals surface area contributed by atoms with Gasteiger partial charge in [-0.1, -0.05) is 16.8 Å². The number of aromatic nitrogens is 7. The lowest BCUT2D eigenvalue weighted by atomic mass is 10.1. The maximum Gasteiger partial charge on any atom is 0.337 e. The highest BCUT2D eigenvalue weighted by Crippen LogP contribution is 2.48. The molecule has 2 fully saturated rings. The van der Waals surface area contributed by atoms with Crippen LogP contribution in [0.1, 0.15) is 46.7 Å². The summed E-state index contributed by atoms with van der Waals surface area (Å²) in [6.45, 7) is 4.32. The number of nitrogens with one attached hydrogen (secondary N) is 1. The zero-order valence-corrected chi connectivity index (χ0v) is 26.6. The Morgan fingerprint density at radius 1 is 1.23 bits per heavy atom. The van der Waals surface area contributed by atoms with E-state index >= 15 is 0 Å². The molecule has 1 saturated carbocycles. The van der Waals surface area contributed by atoms with Crippen molar-refractivity contribution >= 4 is 40.3 Å². The van der Waals surface area contributed by atoms with Gasteiger partial charge in [-0.05, 0) is 42.9 Å². The maximum absolute atomic E-state index is 14.6. The van der Waals surface area contributed by atoms with Gasteiger partial charge in [-0.3, -0.25) is 4.79 Å². The summed E-state index contributed by atoms with van der Waals surface area (Å²) in [6, 6.07) is 3.59. The predicted molar refractivity (Wildman–Crippen MR) is 167 cm³/mol. The summed E-state index contributed by atoms with van der Waals surface area (Å²) in [6.07, 6.45) is 8.96. The molecule has 16 heteroatoms. The summed E-state index contributed by atoms with van der Waals surface area (Å²) >= 11 is 5.93. The van der Waals surface area contributed by atoms with Crippen molar-refractivity contribution in [3.63, 3.8) is 0 Å². The molecule has 1 saturated heterocycles. The molecule has 1 aliphatic heterocycles. The molecule has 14 nitrogen and oxygen atoms in total. The first-order chi connectivity index (χ1) is 22.8. The van der Waals surface area contributed by atoms with Gasteiger partial charge in [-0.15, -0.1) is 5.10 Å². The third-order valence-corrected chi connectivity index (χ3v) is 8.76. The molecule has 3 unspecified atom stereocenters. The average molecular weight is 666 g/mol. The fourth-order valence-electron chi connectivity index (χ4n) is 6.08. The van der Waals surface area contributed by atoms with Crippen LogP contribution in [-0.2, 0) is 32.1 Å². The summed E-state index contributed by atoms with van der Waals surface area (Å²) in [4.78, 5) is 36.6. The number of fused-ring (bicyclic) bond motifs is 2. The fraction of sp³-hybridized carbons (Fsp3) is 0.419. The molecule has 0 aromatic carbocycles. The second-order valence-electron chi connectivity index (χ2n) is 11.6. The second-order valence-corrected chi connectivity index (χ2v) is 12.1. The van der Waals surface area contributed by atoms with Gasteiger partial charge in [-0.25, -0.2) is 23.8 Å². The van der Waals surface area contributed by atoms with E-state index in [4.69, 9.17) is 30.8 Å². The molecule has 47 heavy (non-hydrogen) atoms. The van der Waals surface area contributed by atoms with Gasteiger partial charge in [0.2, 0.25) is 0 Å². The van der Waals surface area contributed by atoms with Crippen LogP contribution in [0, 0.1) is 11.7 Å². The van der Waals surface area contributed by atoms with Crippen molar-refractivity contribution in [1.29, 1.82) is 0 Å². The van der Waals surface area contributed by atoms with Gasteiger partial charge < -0.3 is 33.2 Å². The molecule has 2 aliphatic rings. The number of pyridine rings is 2. The van der Waals surface area contributed by atoms with Crippen LogP contribution < -0.4 is 10.2 Å². The van der Waals surface area contributed by atoms with Crippen LogP contribution in [0.3, 0.4) is 0 Å². The van der Waals surface area contributed by atoms with E-state index in [2.05, 4.69) is 37.8 Å². The highest BCUT2D eigenvalue weighted by atomic mass is 35.5. The Bertz CT molecular complexity index is 1960. The number of amides is 1. The standard InChI is InChI=1S/C31H33ClFN9O5/c1-3-46-31(44)26-15-39(6-7-47-26)25-9-18(21-8-19(21)16-45-2)11-41-12-20(36-29(25)41)13-42-14-24(37-38-42)30(43)34-10-23-28-27(33)22(32)4-5-40(28)17-35-23/h4-5,9,11-12,14,17,19,21,26H,3,6-8,10,13,15-16H2,1-2H3,(H,34,43). The Labute approximate surface area is 273 Å². The first-order valence-corrected chi connectivity index (χ1v) is 15.7. The minimum atomic E-state index is -0.687. The number of rotatable bonds is 11. The highest BCUT2D eigenvalue weighted by molar-refractivity contribution is 6.31. The van der Waals surface area contributed by atoms with E-state index in [1.165, 1.54) is 33.2 Å². The first kappa shape index (κ1) is 31.0. The van der Waals surface area contributed by atoms with Crippen LogP contribution in [0.25, 0.3) is 11.2 Å². The van der Waals surface area contributed by atoms with Crippen LogP contribution in [0.15, 0.2) is 43.2 Å². The molecule has 1 amide bonds. The molecule has 1 N–H and O–H groups in total. The number of ether oxygens (including phenoxy) is 3. The summed E-state index contributed by atoms with van der Waals surface area (Å²) < 4.78 is 36.0. The van der Waals surface area contributed by atoms with Crippen molar-refractivity contribution in [3.8, 4) is 0 Å². The van der Waals surface area contributed by atoms with E-state index in [1.54, 1.807) is 20.2 Å². The van der Waals surface area contributed by atoms with Crippen molar-refractivity contribution in [2.75, 3.05) is 44.9 Å². The molecule has 5 aromatic rings. The van der Waals surface area contributed by atoms with Crippen LogP contribution in [0.4, 0.5) is 10.1 Å². The second kappa shape index (κ2) is 12.9. The number of hydrogen-bond acceptors (Lipinski definition) is 10. The third-order valence-electron chi connectivity index (χ3n) is 8.47. The third kappa shape index (κ3) is 6.25. The van der Waals surface area contributed by atoms with Gasteiger partial charge in [0.15, 0.2) is 23.3 Å². The number of imidazole rings is 2. The lowest BCUT2D eigenvalue weighted by Gasteiger charge is -2.33. The molecule has 0 bridgehead atoms. The number of hydrogen-bond donors (Lipinski definition) is 1. The van der Waals surface area contributed by atoms with E-state index in [0.29, 0.717) is 49.5 Å². The Morgan fingerprint density at radius 3 is 2.94 bits per heavy atom. The van der Waals surface area contributed by atoms with Gasteiger partial charge in [-0.2, -0.15) is 0 Å². The average Bonchev–Trinajstić information content (AvgIpc) is 3.36. The fourth-order valence-corrected chi connectivity index (χ4v) is 6.22. The summed E-state index contributed by atoms with van der Waals surface area (Å²) in [5, 5.41) is 10.9. The van der Waals surface area contributed by atoms with Gasteiger partial charge in [0.1, 0.15) is 5.52 Å². The van der Waals surface area contributed by atoms with Crippen LogP contribution >= 0.6 is 11.6 Å². The quantitative estimate of drug-likeness (QED) is 0.209. The maximum atomic E-state index is 14.6. The molecular weight excluding hydrogens is 633 g/mol. The lowest BCUT2D eigenvalue weighted by Crippen LogP contribution is -2.47. The minimum absolute atomic E-state index is 0.0260. The van der Waals surface area contributed by atoms with Crippen LogP contribution in [0.5, 0.6) is 0 Å². The van der Waals surface area contributed by atoms with Crippen molar-refractivity contribution in [2.24, 2.45) is 5.92 Å². The smallest absolute Gasteiger partial charge is 0.337 e. The lowest BCUT2D eigenvalue weighted by molar-refractivity contribution is -0.157. The van der Waals surface area contributed by atoms with Crippen molar-refractivity contribution < 1.29 is 28.2 Å². The number of halogens is 2. The summed E-state index contributed by atoms with van der Waals surface area (Å²) in [5.74, 6) is -0.647. The number of methoxy groups -OCH3 is 1. The molecule has 7 rings (SSSR count). The van der Waals surface area contributed by atoms with Crippen LogP contribution in [-0.4, -0.2) is 91.8 Å². The largest absolute Gasteiger partial charge is 0.464 e. The molecule has 5 aromatic heterocycles. The molecule has 1 aliphatic carbocycles. The number of nitrogens with zero attached hydrogens (tertiary/aromatic N) is 8. The summed E-state index contributed by atoms with van der Waals surface area (Å²) in [7, 11) is 1.72. The Balaban J connectivity index is 1.09. The Morgan fingerprint density at radius 2 is 2.11 bits per heavy atom. The summed E-state index contributed by atoms with van der Waals surface area (Å²) in [5.41, 5.74) is 4.13. The SMILES string of the molecule is CCOC(=O)C1CN(c2cc(C3CC3COC)cn3cc(Cn4cc(C(=O)NCc5ncn6ccc(Cl)c(F)c56)nn4)nc23)CCO1. The predicted octanol–water partition coefficient (Wildman–Crippen LogP) is 2.86. The first-order valence-electron chi connectivity index (χ1n) is 15.3. The highest BCUT2D eigenvalue weighted by Gasteiger charge is 2.39. The normalized spacial score (nSPS) is 19.4. The van der Waals surface area contributed by atoms with E-state index < -0.39 is 17.8 Å². The molecule has 6 heterocycles. The van der Waals surface area contributed by atoms with E-state index in [1.807, 2.05) is 10.6 Å². The van der Waals surface area contributed by atoms with Gasteiger partial charge in [0.25, 0.3) is 5.91 Å². The number of carbonyl (C=O) groups excluding carboxylic acids is 2. The van der Waals surface area contributed by atoms with E-state index in [9.17, 15) is 14.0 Å². The van der Waals surface area contributed by atoms with Gasteiger partial charge >= 0.3 is 5.97 Å².